The summed E-state index contributed by atoms with van der Waals surface area (Å²) in [5.74, 6) is 1.41. The highest BCUT2D eigenvalue weighted by atomic mass is 16.5. The van der Waals surface area contributed by atoms with Crippen molar-refractivity contribution in [2.24, 2.45) is 0 Å². The second kappa shape index (κ2) is 10.5. The van der Waals surface area contributed by atoms with E-state index in [4.69, 9.17) is 14.2 Å². The number of carbonyl (C=O) groups is 2. The van der Waals surface area contributed by atoms with Gasteiger partial charge in [0.2, 0.25) is 5.91 Å². The fraction of sp³-hybridized carbons (Fsp3) is 0.333. The van der Waals surface area contributed by atoms with Crippen molar-refractivity contribution in [3.8, 4) is 17.2 Å². The standard InChI is InChI=1S/C24H28N2O5/c1-4-6-13-30-21-10-7-17(14-22(21)29-5-2)8-12-23(27)25-18-9-11-20-19(15-18)26-24(28)16(3)31-20/h7-12,14-16H,4-6,13H2,1-3H3,(H,25,27)(H,26,28)/b12-8+/t16-/m0/s1. The number of fused-ring (bicyclic) bond motifs is 1. The van der Waals surface area contributed by atoms with Crippen LogP contribution in [0.25, 0.3) is 6.08 Å². The Morgan fingerprint density at radius 3 is 2.77 bits per heavy atom. The normalized spacial score (nSPS) is 15.1. The van der Waals surface area contributed by atoms with Gasteiger partial charge < -0.3 is 24.8 Å². The maximum atomic E-state index is 12.3. The molecule has 0 radical (unpaired) electrons. The molecule has 0 saturated carbocycles. The number of hydrogen-bond acceptors (Lipinski definition) is 5. The first-order valence-corrected chi connectivity index (χ1v) is 10.5. The number of anilines is 2. The first-order valence-electron chi connectivity index (χ1n) is 10.5. The molecule has 2 aromatic carbocycles. The monoisotopic (exact) mass is 424 g/mol. The number of hydrogen-bond donors (Lipinski definition) is 2. The Kier molecular flexibility index (Phi) is 7.54. The van der Waals surface area contributed by atoms with Gasteiger partial charge in [-0.25, -0.2) is 0 Å². The molecule has 7 nitrogen and oxygen atoms in total. The lowest BCUT2D eigenvalue weighted by Gasteiger charge is -2.23. The average molecular weight is 424 g/mol. The molecule has 0 spiro atoms. The Morgan fingerprint density at radius 2 is 2.00 bits per heavy atom. The Morgan fingerprint density at radius 1 is 1.16 bits per heavy atom. The zero-order valence-corrected chi connectivity index (χ0v) is 18.1. The third-order valence-electron chi connectivity index (χ3n) is 4.63. The molecule has 0 aliphatic carbocycles. The van der Waals surface area contributed by atoms with E-state index >= 15 is 0 Å². The summed E-state index contributed by atoms with van der Waals surface area (Å²) in [5, 5.41) is 5.55. The number of ether oxygens (including phenoxy) is 3. The van der Waals surface area contributed by atoms with Crippen LogP contribution in [0.15, 0.2) is 42.5 Å². The van der Waals surface area contributed by atoms with Gasteiger partial charge in [0.1, 0.15) is 5.75 Å². The van der Waals surface area contributed by atoms with Gasteiger partial charge in [-0.15, -0.1) is 0 Å². The van der Waals surface area contributed by atoms with Gasteiger partial charge in [-0.2, -0.15) is 0 Å². The lowest BCUT2D eigenvalue weighted by molar-refractivity contribution is -0.122. The third kappa shape index (κ3) is 6.01. The highest BCUT2D eigenvalue weighted by molar-refractivity contribution is 6.03. The highest BCUT2D eigenvalue weighted by Gasteiger charge is 2.23. The van der Waals surface area contributed by atoms with E-state index in [-0.39, 0.29) is 11.8 Å². The molecule has 1 aliphatic heterocycles. The zero-order chi connectivity index (χ0) is 22.2. The molecule has 1 heterocycles. The van der Waals surface area contributed by atoms with Crippen molar-refractivity contribution < 1.29 is 23.8 Å². The number of rotatable bonds is 9. The van der Waals surface area contributed by atoms with Gasteiger partial charge in [0.05, 0.1) is 18.9 Å². The first kappa shape index (κ1) is 22.2. The van der Waals surface area contributed by atoms with E-state index in [1.807, 2.05) is 25.1 Å². The Hall–Kier alpha value is -3.48. The average Bonchev–Trinajstić information content (AvgIpc) is 2.75. The zero-order valence-electron chi connectivity index (χ0n) is 18.1. The summed E-state index contributed by atoms with van der Waals surface area (Å²) >= 11 is 0. The van der Waals surface area contributed by atoms with Gasteiger partial charge in [0.25, 0.3) is 5.91 Å². The molecule has 1 atom stereocenters. The Bertz CT molecular complexity index is 970. The van der Waals surface area contributed by atoms with Crippen molar-refractivity contribution in [2.75, 3.05) is 23.8 Å². The predicted octanol–water partition coefficient (Wildman–Crippen LogP) is 4.64. The molecular formula is C24H28N2O5. The highest BCUT2D eigenvalue weighted by Crippen LogP contribution is 2.32. The fourth-order valence-electron chi connectivity index (χ4n) is 2.98. The van der Waals surface area contributed by atoms with Crippen LogP contribution in [0.3, 0.4) is 0 Å². The summed E-state index contributed by atoms with van der Waals surface area (Å²) in [4.78, 5) is 24.1. The van der Waals surface area contributed by atoms with Gasteiger partial charge in [-0.3, -0.25) is 9.59 Å². The molecule has 0 fully saturated rings. The van der Waals surface area contributed by atoms with E-state index in [0.29, 0.717) is 41.8 Å². The molecule has 7 heteroatoms. The second-order valence-corrected chi connectivity index (χ2v) is 7.12. The van der Waals surface area contributed by atoms with Crippen molar-refractivity contribution in [3.05, 3.63) is 48.0 Å². The molecule has 1 aliphatic rings. The van der Waals surface area contributed by atoms with Crippen LogP contribution in [0.4, 0.5) is 11.4 Å². The van der Waals surface area contributed by atoms with Crippen molar-refractivity contribution in [1.29, 1.82) is 0 Å². The van der Waals surface area contributed by atoms with Crippen LogP contribution >= 0.6 is 0 Å². The number of unbranched alkanes of at least 4 members (excludes halogenated alkanes) is 1. The molecule has 2 aromatic rings. The van der Waals surface area contributed by atoms with Crippen molar-refractivity contribution >= 4 is 29.3 Å². The minimum Gasteiger partial charge on any atom is -0.490 e. The van der Waals surface area contributed by atoms with Crippen LogP contribution in [-0.4, -0.2) is 31.1 Å². The predicted molar refractivity (Wildman–Crippen MR) is 121 cm³/mol. The van der Waals surface area contributed by atoms with Gasteiger partial charge >= 0.3 is 0 Å². The topological polar surface area (TPSA) is 85.9 Å². The maximum Gasteiger partial charge on any atom is 0.265 e. The van der Waals surface area contributed by atoms with Crippen molar-refractivity contribution in [1.82, 2.24) is 0 Å². The van der Waals surface area contributed by atoms with Crippen LogP contribution in [-0.2, 0) is 9.59 Å². The number of nitrogens with one attached hydrogen (secondary N) is 2. The molecule has 0 bridgehead atoms. The summed E-state index contributed by atoms with van der Waals surface area (Å²) in [6.45, 7) is 6.87. The fourth-order valence-corrected chi connectivity index (χ4v) is 2.98. The molecular weight excluding hydrogens is 396 g/mol. The van der Waals surface area contributed by atoms with E-state index < -0.39 is 6.10 Å². The number of amides is 2. The molecule has 0 aromatic heterocycles. The molecule has 31 heavy (non-hydrogen) atoms. The lowest BCUT2D eigenvalue weighted by atomic mass is 10.1. The summed E-state index contributed by atoms with van der Waals surface area (Å²) in [7, 11) is 0. The molecule has 2 N–H and O–H groups in total. The maximum absolute atomic E-state index is 12.3. The van der Waals surface area contributed by atoms with Crippen molar-refractivity contribution in [3.63, 3.8) is 0 Å². The number of carbonyl (C=O) groups excluding carboxylic acids is 2. The van der Waals surface area contributed by atoms with Gasteiger partial charge in [-0.1, -0.05) is 19.4 Å². The summed E-state index contributed by atoms with van der Waals surface area (Å²) in [6.07, 6.45) is 4.65. The lowest BCUT2D eigenvalue weighted by Crippen LogP contribution is -2.34. The van der Waals surface area contributed by atoms with Crippen LogP contribution in [0, 0.1) is 0 Å². The Balaban J connectivity index is 1.65. The van der Waals surface area contributed by atoms with Gasteiger partial charge in [0, 0.05) is 11.8 Å². The summed E-state index contributed by atoms with van der Waals surface area (Å²) in [5.41, 5.74) is 1.91. The van der Waals surface area contributed by atoms with Crippen LogP contribution in [0.5, 0.6) is 17.2 Å². The van der Waals surface area contributed by atoms with E-state index in [0.717, 1.165) is 18.4 Å². The molecule has 0 saturated heterocycles. The number of benzene rings is 2. The molecule has 164 valence electrons. The van der Waals surface area contributed by atoms with E-state index in [9.17, 15) is 9.59 Å². The van der Waals surface area contributed by atoms with Gasteiger partial charge in [-0.05, 0) is 62.2 Å². The SMILES string of the molecule is CCCCOc1ccc(/C=C/C(=O)Nc2ccc3c(c2)NC(=O)[C@H](C)O3)cc1OCC. The van der Waals surface area contributed by atoms with Crippen LogP contribution < -0.4 is 24.8 Å². The third-order valence-corrected chi connectivity index (χ3v) is 4.63. The van der Waals surface area contributed by atoms with Crippen LogP contribution in [0.2, 0.25) is 0 Å². The van der Waals surface area contributed by atoms with E-state index in [2.05, 4.69) is 17.6 Å². The second-order valence-electron chi connectivity index (χ2n) is 7.12. The molecule has 2 amide bonds. The Labute approximate surface area is 182 Å². The largest absolute Gasteiger partial charge is 0.490 e. The van der Waals surface area contributed by atoms with E-state index in [1.165, 1.54) is 6.08 Å². The van der Waals surface area contributed by atoms with Crippen molar-refractivity contribution in [2.45, 2.75) is 39.7 Å². The first-order chi connectivity index (χ1) is 15.0. The summed E-state index contributed by atoms with van der Waals surface area (Å²) < 4.78 is 17.0. The smallest absolute Gasteiger partial charge is 0.265 e. The molecule has 0 unspecified atom stereocenters. The van der Waals surface area contributed by atoms with Gasteiger partial charge in [0.15, 0.2) is 17.6 Å². The quantitative estimate of drug-likeness (QED) is 0.453. The van der Waals surface area contributed by atoms with Crippen LogP contribution in [0.1, 0.15) is 39.2 Å². The summed E-state index contributed by atoms with van der Waals surface area (Å²) in [6, 6.07) is 10.7. The van der Waals surface area contributed by atoms with E-state index in [1.54, 1.807) is 31.2 Å². The minimum atomic E-state index is -0.541. The minimum absolute atomic E-state index is 0.219. The molecule has 3 rings (SSSR count).